The number of ether oxygens (including phenoxy) is 1. The smallest absolute Gasteiger partial charge is 0.223 e. The van der Waals surface area contributed by atoms with E-state index in [9.17, 15) is 4.79 Å². The Morgan fingerprint density at radius 2 is 1.83 bits per heavy atom. The van der Waals surface area contributed by atoms with Gasteiger partial charge in [0.15, 0.2) is 0 Å². The van der Waals surface area contributed by atoms with Crippen molar-refractivity contribution in [1.29, 1.82) is 0 Å². The number of piperidine rings is 1. The molecule has 0 N–H and O–H groups in total. The van der Waals surface area contributed by atoms with Crippen molar-refractivity contribution in [1.82, 2.24) is 9.80 Å². The number of hydrogen-bond donors (Lipinski definition) is 0. The molecule has 4 nitrogen and oxygen atoms in total. The Morgan fingerprint density at radius 1 is 1.13 bits per heavy atom. The zero-order valence-electron chi connectivity index (χ0n) is 14.6. The van der Waals surface area contributed by atoms with E-state index >= 15 is 0 Å². The lowest BCUT2D eigenvalue weighted by Crippen LogP contribution is -2.37. The summed E-state index contributed by atoms with van der Waals surface area (Å²) in [6, 6.07) is 8.27. The molecule has 0 bridgehead atoms. The van der Waals surface area contributed by atoms with E-state index in [1.54, 1.807) is 7.11 Å². The molecule has 1 fully saturated rings. The fourth-order valence-corrected chi connectivity index (χ4v) is 3.05. The van der Waals surface area contributed by atoms with Crippen LogP contribution in [0.25, 0.3) is 0 Å². The van der Waals surface area contributed by atoms with Gasteiger partial charge < -0.3 is 14.5 Å². The van der Waals surface area contributed by atoms with Gasteiger partial charge in [-0.1, -0.05) is 12.1 Å². The fraction of sp³-hybridized carbons (Fsp3) is 0.632. The predicted octanol–water partition coefficient (Wildman–Crippen LogP) is 2.96. The second-order valence-electron chi connectivity index (χ2n) is 6.45. The third-order valence-corrected chi connectivity index (χ3v) is 4.58. The fourth-order valence-electron chi connectivity index (χ4n) is 3.05. The normalized spacial score (nSPS) is 15.0. The highest BCUT2D eigenvalue weighted by Gasteiger charge is 2.16. The molecular weight excluding hydrogens is 288 g/mol. The molecule has 2 rings (SSSR count). The van der Waals surface area contributed by atoms with Crippen LogP contribution >= 0.6 is 0 Å². The van der Waals surface area contributed by atoms with Crippen LogP contribution in [0.5, 0.6) is 5.75 Å². The van der Waals surface area contributed by atoms with Crippen LogP contribution in [-0.2, 0) is 11.2 Å². The number of benzene rings is 1. The molecule has 1 aromatic rings. The van der Waals surface area contributed by atoms with Crippen LogP contribution in [-0.4, -0.2) is 56.0 Å². The Kier molecular flexibility index (Phi) is 7.40. The van der Waals surface area contributed by atoms with Crippen molar-refractivity contribution >= 4 is 5.91 Å². The average Bonchev–Trinajstić information content (AvgIpc) is 2.61. The lowest BCUT2D eigenvalue weighted by molar-refractivity contribution is -0.132. The van der Waals surface area contributed by atoms with Gasteiger partial charge in [-0.15, -0.1) is 0 Å². The topological polar surface area (TPSA) is 32.8 Å². The first kappa shape index (κ1) is 17.8. The van der Waals surface area contributed by atoms with Crippen molar-refractivity contribution in [3.63, 3.8) is 0 Å². The van der Waals surface area contributed by atoms with Crippen LogP contribution in [0.4, 0.5) is 0 Å². The van der Waals surface area contributed by atoms with Gasteiger partial charge in [-0.2, -0.15) is 0 Å². The molecule has 1 amide bonds. The minimum Gasteiger partial charge on any atom is -0.497 e. The molecule has 0 spiro atoms. The highest BCUT2D eigenvalue weighted by molar-refractivity contribution is 5.76. The van der Waals surface area contributed by atoms with Gasteiger partial charge in [0, 0.05) is 26.1 Å². The SMILES string of the molecule is COc1ccc(CCCN(C)CCC(=O)N2CCCCC2)cc1. The van der Waals surface area contributed by atoms with Crippen molar-refractivity contribution in [3.05, 3.63) is 29.8 Å². The van der Waals surface area contributed by atoms with Crippen molar-refractivity contribution in [3.8, 4) is 5.75 Å². The molecule has 4 heteroatoms. The third kappa shape index (κ3) is 6.22. The monoisotopic (exact) mass is 318 g/mol. The van der Waals surface area contributed by atoms with E-state index in [4.69, 9.17) is 4.74 Å². The van der Waals surface area contributed by atoms with Gasteiger partial charge in [0.25, 0.3) is 0 Å². The summed E-state index contributed by atoms with van der Waals surface area (Å²) in [4.78, 5) is 16.5. The number of carbonyl (C=O) groups is 1. The van der Waals surface area contributed by atoms with Crippen LogP contribution in [0.1, 0.15) is 37.7 Å². The molecule has 0 atom stereocenters. The van der Waals surface area contributed by atoms with E-state index in [1.807, 2.05) is 17.0 Å². The number of nitrogens with zero attached hydrogens (tertiary/aromatic N) is 2. The van der Waals surface area contributed by atoms with Crippen LogP contribution in [0, 0.1) is 0 Å². The Hall–Kier alpha value is -1.55. The minimum absolute atomic E-state index is 0.326. The first-order chi connectivity index (χ1) is 11.2. The number of rotatable bonds is 8. The minimum atomic E-state index is 0.326. The van der Waals surface area contributed by atoms with E-state index in [0.717, 1.165) is 44.8 Å². The summed E-state index contributed by atoms with van der Waals surface area (Å²) in [5.74, 6) is 1.23. The highest BCUT2D eigenvalue weighted by atomic mass is 16.5. The molecule has 0 unspecified atom stereocenters. The summed E-state index contributed by atoms with van der Waals surface area (Å²) < 4.78 is 5.17. The molecule has 1 heterocycles. The number of aryl methyl sites for hydroxylation is 1. The van der Waals surface area contributed by atoms with Crippen LogP contribution in [0.2, 0.25) is 0 Å². The largest absolute Gasteiger partial charge is 0.497 e. The third-order valence-electron chi connectivity index (χ3n) is 4.58. The first-order valence-corrected chi connectivity index (χ1v) is 8.78. The van der Waals surface area contributed by atoms with E-state index in [1.165, 1.54) is 24.8 Å². The second kappa shape index (κ2) is 9.56. The molecule has 0 aliphatic carbocycles. The van der Waals surface area contributed by atoms with Gasteiger partial charge in [-0.25, -0.2) is 0 Å². The maximum absolute atomic E-state index is 12.1. The molecule has 0 aromatic heterocycles. The van der Waals surface area contributed by atoms with Gasteiger partial charge in [-0.05, 0) is 63.4 Å². The summed E-state index contributed by atoms with van der Waals surface area (Å²) in [7, 11) is 3.80. The van der Waals surface area contributed by atoms with E-state index < -0.39 is 0 Å². The first-order valence-electron chi connectivity index (χ1n) is 8.78. The summed E-state index contributed by atoms with van der Waals surface area (Å²) >= 11 is 0. The number of hydrogen-bond acceptors (Lipinski definition) is 3. The standard InChI is InChI=1S/C19H30N2O2/c1-20(16-12-19(22)21-14-4-3-5-15-21)13-6-7-17-8-10-18(23-2)11-9-17/h8-11H,3-7,12-16H2,1-2H3. The molecule has 1 aromatic carbocycles. The van der Waals surface area contributed by atoms with Crippen LogP contribution in [0.15, 0.2) is 24.3 Å². The van der Waals surface area contributed by atoms with E-state index in [-0.39, 0.29) is 0 Å². The highest BCUT2D eigenvalue weighted by Crippen LogP contribution is 2.13. The zero-order valence-corrected chi connectivity index (χ0v) is 14.6. The van der Waals surface area contributed by atoms with Crippen molar-refractivity contribution in [2.45, 2.75) is 38.5 Å². The Balaban J connectivity index is 1.60. The molecule has 128 valence electrons. The average molecular weight is 318 g/mol. The molecular formula is C19H30N2O2. The van der Waals surface area contributed by atoms with Crippen molar-refractivity contribution < 1.29 is 9.53 Å². The lowest BCUT2D eigenvalue weighted by Gasteiger charge is -2.27. The lowest BCUT2D eigenvalue weighted by atomic mass is 10.1. The van der Waals surface area contributed by atoms with Crippen molar-refractivity contribution in [2.24, 2.45) is 0 Å². The number of carbonyl (C=O) groups excluding carboxylic acids is 1. The number of methoxy groups -OCH3 is 1. The van der Waals surface area contributed by atoms with Gasteiger partial charge in [-0.3, -0.25) is 4.79 Å². The molecule has 1 saturated heterocycles. The molecule has 1 aliphatic heterocycles. The summed E-state index contributed by atoms with van der Waals surface area (Å²) in [5.41, 5.74) is 1.34. The Bertz CT molecular complexity index is 467. The van der Waals surface area contributed by atoms with Gasteiger partial charge in [0.05, 0.1) is 7.11 Å². The molecule has 0 saturated carbocycles. The second-order valence-corrected chi connectivity index (χ2v) is 6.45. The van der Waals surface area contributed by atoms with E-state index in [2.05, 4.69) is 24.1 Å². The van der Waals surface area contributed by atoms with Crippen molar-refractivity contribution in [2.75, 3.05) is 40.3 Å². The number of likely N-dealkylation sites (tertiary alicyclic amines) is 1. The number of amides is 1. The van der Waals surface area contributed by atoms with Gasteiger partial charge >= 0.3 is 0 Å². The predicted molar refractivity (Wildman–Crippen MR) is 93.9 cm³/mol. The zero-order chi connectivity index (χ0) is 16.5. The van der Waals surface area contributed by atoms with Crippen LogP contribution < -0.4 is 4.74 Å². The quantitative estimate of drug-likeness (QED) is 0.739. The summed E-state index contributed by atoms with van der Waals surface area (Å²) in [6.45, 7) is 3.80. The Labute approximate surface area is 140 Å². The van der Waals surface area contributed by atoms with Gasteiger partial charge in [0.1, 0.15) is 5.75 Å². The molecule has 1 aliphatic rings. The van der Waals surface area contributed by atoms with Gasteiger partial charge in [0.2, 0.25) is 5.91 Å². The van der Waals surface area contributed by atoms with E-state index in [0.29, 0.717) is 12.3 Å². The summed E-state index contributed by atoms with van der Waals surface area (Å²) in [5, 5.41) is 0. The molecule has 23 heavy (non-hydrogen) atoms. The van der Waals surface area contributed by atoms with Crippen LogP contribution in [0.3, 0.4) is 0 Å². The summed E-state index contributed by atoms with van der Waals surface area (Å²) in [6.07, 6.45) is 6.44. The maximum Gasteiger partial charge on any atom is 0.223 e. The molecule has 0 radical (unpaired) electrons. The maximum atomic E-state index is 12.1. The Morgan fingerprint density at radius 3 is 2.48 bits per heavy atom.